The van der Waals surface area contributed by atoms with E-state index in [1.165, 1.54) is 0 Å². The molecule has 3 N–H and O–H groups in total. The Kier molecular flexibility index (Phi) is 6.67. The largest absolute Gasteiger partial charge is 0.392 e. The van der Waals surface area contributed by atoms with Crippen LogP contribution in [0.2, 0.25) is 0 Å². The maximum atomic E-state index is 11.3. The number of aliphatic hydroxyl groups excluding tert-OH is 1. The Bertz CT molecular complexity index is 241. The third-order valence-corrected chi connectivity index (χ3v) is 1.66. The first-order valence-electron chi connectivity index (χ1n) is 5.28. The van der Waals surface area contributed by atoms with E-state index in [4.69, 9.17) is 5.11 Å². The number of rotatable bonds is 5. The molecular formula is C10H21N3O3. The molecule has 6 heteroatoms. The van der Waals surface area contributed by atoms with E-state index in [9.17, 15) is 9.59 Å². The zero-order valence-electron chi connectivity index (χ0n) is 10.3. The Morgan fingerprint density at radius 1 is 1.31 bits per heavy atom. The summed E-state index contributed by atoms with van der Waals surface area (Å²) in [6.45, 7) is 5.72. The van der Waals surface area contributed by atoms with Gasteiger partial charge >= 0.3 is 6.03 Å². The molecule has 1 unspecified atom stereocenters. The van der Waals surface area contributed by atoms with Crippen LogP contribution < -0.4 is 10.6 Å². The van der Waals surface area contributed by atoms with Crippen molar-refractivity contribution in [3.05, 3.63) is 0 Å². The number of imide groups is 1. The van der Waals surface area contributed by atoms with Crippen molar-refractivity contribution in [3.63, 3.8) is 0 Å². The van der Waals surface area contributed by atoms with E-state index in [-0.39, 0.29) is 18.5 Å². The van der Waals surface area contributed by atoms with Crippen molar-refractivity contribution in [1.82, 2.24) is 15.5 Å². The quantitative estimate of drug-likeness (QED) is 0.597. The fourth-order valence-corrected chi connectivity index (χ4v) is 1.23. The van der Waals surface area contributed by atoms with E-state index in [0.717, 1.165) is 0 Å². The van der Waals surface area contributed by atoms with E-state index in [1.807, 2.05) is 13.8 Å². The van der Waals surface area contributed by atoms with Crippen molar-refractivity contribution in [1.29, 1.82) is 0 Å². The molecule has 6 nitrogen and oxygen atoms in total. The summed E-state index contributed by atoms with van der Waals surface area (Å²) in [7, 11) is 1.70. The first kappa shape index (κ1) is 14.9. The summed E-state index contributed by atoms with van der Waals surface area (Å²) in [6.07, 6.45) is -0.498. The minimum absolute atomic E-state index is 0.0111. The monoisotopic (exact) mass is 231 g/mol. The van der Waals surface area contributed by atoms with Crippen LogP contribution in [-0.2, 0) is 4.79 Å². The maximum Gasteiger partial charge on any atom is 0.321 e. The Hall–Kier alpha value is -1.14. The standard InChI is InChI=1S/C10H21N3O3/c1-7(2)11-10(16)12-9(15)6-13(4)5-8(3)14/h7-8,14H,5-6H2,1-4H3,(H2,11,12,15,16). The summed E-state index contributed by atoms with van der Waals surface area (Å²) in [5.74, 6) is -0.388. The average molecular weight is 231 g/mol. The van der Waals surface area contributed by atoms with Crippen molar-refractivity contribution >= 4 is 11.9 Å². The minimum Gasteiger partial charge on any atom is -0.392 e. The summed E-state index contributed by atoms with van der Waals surface area (Å²) >= 11 is 0. The second kappa shape index (κ2) is 7.19. The lowest BCUT2D eigenvalue weighted by molar-refractivity contribution is -0.121. The number of carbonyl (C=O) groups is 2. The molecule has 0 heterocycles. The number of likely N-dealkylation sites (N-methyl/N-ethyl adjacent to an activating group) is 1. The van der Waals surface area contributed by atoms with Crippen molar-refractivity contribution in [2.45, 2.75) is 32.9 Å². The van der Waals surface area contributed by atoms with Gasteiger partial charge in [0.25, 0.3) is 0 Å². The fourth-order valence-electron chi connectivity index (χ4n) is 1.23. The van der Waals surface area contributed by atoms with E-state index in [2.05, 4.69) is 10.6 Å². The lowest BCUT2D eigenvalue weighted by atomic mass is 10.3. The molecule has 0 spiro atoms. The molecule has 0 saturated heterocycles. The number of nitrogens with zero attached hydrogens (tertiary/aromatic N) is 1. The van der Waals surface area contributed by atoms with Crippen molar-refractivity contribution < 1.29 is 14.7 Å². The summed E-state index contributed by atoms with van der Waals surface area (Å²) in [5.41, 5.74) is 0. The number of amides is 3. The van der Waals surface area contributed by atoms with Crippen LogP contribution in [0.1, 0.15) is 20.8 Å². The molecule has 0 aromatic heterocycles. The van der Waals surface area contributed by atoms with Gasteiger partial charge in [-0.25, -0.2) is 4.79 Å². The highest BCUT2D eigenvalue weighted by Crippen LogP contribution is 1.87. The van der Waals surface area contributed by atoms with Crippen LogP contribution in [0.4, 0.5) is 4.79 Å². The van der Waals surface area contributed by atoms with Crippen LogP contribution in [-0.4, -0.2) is 54.2 Å². The van der Waals surface area contributed by atoms with Crippen LogP contribution in [0, 0.1) is 0 Å². The first-order chi connectivity index (χ1) is 7.31. The highest BCUT2D eigenvalue weighted by atomic mass is 16.3. The molecule has 0 rings (SSSR count). The van der Waals surface area contributed by atoms with Gasteiger partial charge in [-0.15, -0.1) is 0 Å². The molecule has 3 amide bonds. The van der Waals surface area contributed by atoms with Gasteiger partial charge in [-0.2, -0.15) is 0 Å². The van der Waals surface area contributed by atoms with E-state index >= 15 is 0 Å². The molecule has 0 fully saturated rings. The van der Waals surface area contributed by atoms with Gasteiger partial charge < -0.3 is 10.4 Å². The van der Waals surface area contributed by atoms with Crippen LogP contribution in [0.15, 0.2) is 0 Å². The molecule has 0 radical (unpaired) electrons. The molecule has 1 atom stereocenters. The average Bonchev–Trinajstić information content (AvgIpc) is 1.97. The third-order valence-electron chi connectivity index (χ3n) is 1.66. The van der Waals surface area contributed by atoms with Gasteiger partial charge in [-0.3, -0.25) is 15.0 Å². The number of hydrogen-bond acceptors (Lipinski definition) is 4. The smallest absolute Gasteiger partial charge is 0.321 e. The second-order valence-corrected chi connectivity index (χ2v) is 4.22. The minimum atomic E-state index is -0.498. The van der Waals surface area contributed by atoms with Gasteiger partial charge in [0, 0.05) is 12.6 Å². The Labute approximate surface area is 96.0 Å². The Balaban J connectivity index is 3.85. The van der Waals surface area contributed by atoms with Gasteiger partial charge in [0.1, 0.15) is 0 Å². The predicted octanol–water partition coefficient (Wildman–Crippen LogP) is -0.467. The molecule has 0 saturated carbocycles. The molecule has 0 aliphatic heterocycles. The molecule has 0 bridgehead atoms. The lowest BCUT2D eigenvalue weighted by Crippen LogP contribution is -2.46. The predicted molar refractivity (Wildman–Crippen MR) is 61.0 cm³/mol. The van der Waals surface area contributed by atoms with Crippen LogP contribution in [0.25, 0.3) is 0 Å². The van der Waals surface area contributed by atoms with Gasteiger partial charge in [-0.05, 0) is 27.8 Å². The molecule has 16 heavy (non-hydrogen) atoms. The molecule has 0 aliphatic rings. The van der Waals surface area contributed by atoms with Crippen LogP contribution >= 0.6 is 0 Å². The number of carbonyl (C=O) groups excluding carboxylic acids is 2. The van der Waals surface area contributed by atoms with E-state index < -0.39 is 12.1 Å². The summed E-state index contributed by atoms with van der Waals surface area (Å²) in [4.78, 5) is 24.1. The van der Waals surface area contributed by atoms with Gasteiger partial charge in [0.15, 0.2) is 0 Å². The molecule has 0 aromatic rings. The lowest BCUT2D eigenvalue weighted by Gasteiger charge is -2.17. The third kappa shape index (κ3) is 8.19. The normalized spacial score (nSPS) is 12.7. The highest BCUT2D eigenvalue weighted by Gasteiger charge is 2.11. The summed E-state index contributed by atoms with van der Waals surface area (Å²) < 4.78 is 0. The maximum absolute atomic E-state index is 11.3. The fraction of sp³-hybridized carbons (Fsp3) is 0.800. The number of aliphatic hydroxyl groups is 1. The van der Waals surface area contributed by atoms with Gasteiger partial charge in [0.05, 0.1) is 12.6 Å². The SMILES string of the molecule is CC(O)CN(C)CC(=O)NC(=O)NC(C)C. The Morgan fingerprint density at radius 3 is 2.31 bits per heavy atom. The molecular weight excluding hydrogens is 210 g/mol. The molecule has 0 aromatic carbocycles. The van der Waals surface area contributed by atoms with Gasteiger partial charge in [-0.1, -0.05) is 0 Å². The molecule has 94 valence electrons. The summed E-state index contributed by atoms with van der Waals surface area (Å²) in [6, 6.07) is -0.506. The number of hydrogen-bond donors (Lipinski definition) is 3. The van der Waals surface area contributed by atoms with E-state index in [1.54, 1.807) is 18.9 Å². The first-order valence-corrected chi connectivity index (χ1v) is 5.28. The van der Waals surface area contributed by atoms with Crippen LogP contribution in [0.5, 0.6) is 0 Å². The Morgan fingerprint density at radius 2 is 1.88 bits per heavy atom. The van der Waals surface area contributed by atoms with Gasteiger partial charge in [0.2, 0.25) is 5.91 Å². The van der Waals surface area contributed by atoms with Crippen LogP contribution in [0.3, 0.4) is 0 Å². The molecule has 0 aliphatic carbocycles. The zero-order chi connectivity index (χ0) is 12.7. The highest BCUT2D eigenvalue weighted by molar-refractivity contribution is 5.95. The number of urea groups is 1. The number of nitrogens with one attached hydrogen (secondary N) is 2. The summed E-state index contributed by atoms with van der Waals surface area (Å²) in [5, 5.41) is 13.8. The second-order valence-electron chi connectivity index (χ2n) is 4.22. The van der Waals surface area contributed by atoms with Crippen molar-refractivity contribution in [2.75, 3.05) is 20.1 Å². The topological polar surface area (TPSA) is 81.7 Å². The zero-order valence-corrected chi connectivity index (χ0v) is 10.3. The van der Waals surface area contributed by atoms with Crippen molar-refractivity contribution in [3.8, 4) is 0 Å². The van der Waals surface area contributed by atoms with Crippen molar-refractivity contribution in [2.24, 2.45) is 0 Å². The van der Waals surface area contributed by atoms with E-state index in [0.29, 0.717) is 6.54 Å².